The zero-order chi connectivity index (χ0) is 24.4. The highest BCUT2D eigenvalue weighted by Crippen LogP contribution is 2.12. The van der Waals surface area contributed by atoms with Gasteiger partial charge in [0.15, 0.2) is 0 Å². The van der Waals surface area contributed by atoms with Crippen LogP contribution in [-0.4, -0.2) is 73.6 Å². The van der Waals surface area contributed by atoms with E-state index in [4.69, 9.17) is 4.74 Å². The molecule has 1 aliphatic heterocycles. The van der Waals surface area contributed by atoms with Crippen LogP contribution in [0.25, 0.3) is 0 Å². The molecule has 4 N–H and O–H groups in total. The number of carbonyl (C=O) groups excluding carboxylic acids is 4. The summed E-state index contributed by atoms with van der Waals surface area (Å²) < 4.78 is 5.34. The molecule has 182 valence electrons. The van der Waals surface area contributed by atoms with Crippen molar-refractivity contribution in [3.8, 4) is 0 Å². The molecule has 0 radical (unpaired) electrons. The molecule has 10 nitrogen and oxygen atoms in total. The Morgan fingerprint density at radius 2 is 1.75 bits per heavy atom. The van der Waals surface area contributed by atoms with Crippen LogP contribution in [0.4, 0.5) is 0 Å². The van der Waals surface area contributed by atoms with Crippen molar-refractivity contribution in [1.82, 2.24) is 26.4 Å². The largest absolute Gasteiger partial charge is 0.377 e. The first-order chi connectivity index (χ1) is 15.1. The summed E-state index contributed by atoms with van der Waals surface area (Å²) in [4.78, 5) is 50.3. The number of hydrogen-bond acceptors (Lipinski definition) is 6. The number of rotatable bonds is 10. The Kier molecular flexibility index (Phi) is 11.3. The van der Waals surface area contributed by atoms with Crippen molar-refractivity contribution >= 4 is 23.6 Å². The molecule has 0 bridgehead atoms. The number of hydrazine groups is 1. The van der Waals surface area contributed by atoms with Gasteiger partial charge in [0.05, 0.1) is 12.0 Å². The summed E-state index contributed by atoms with van der Waals surface area (Å²) in [5.41, 5.74) is 2.92. The Labute approximate surface area is 190 Å². The number of amides is 4. The molecule has 1 heterocycles. The molecule has 5 atom stereocenters. The minimum atomic E-state index is -0.830. The van der Waals surface area contributed by atoms with Gasteiger partial charge in [-0.1, -0.05) is 32.9 Å². The maximum atomic E-state index is 12.9. The predicted molar refractivity (Wildman–Crippen MR) is 121 cm³/mol. The Bertz CT molecular complexity index is 696. The second kappa shape index (κ2) is 13.2. The highest BCUT2D eigenvalue weighted by atomic mass is 16.5. The van der Waals surface area contributed by atoms with Crippen molar-refractivity contribution in [3.63, 3.8) is 0 Å². The van der Waals surface area contributed by atoms with E-state index in [0.29, 0.717) is 19.4 Å². The van der Waals surface area contributed by atoms with Crippen molar-refractivity contribution in [2.24, 2.45) is 11.8 Å². The molecule has 32 heavy (non-hydrogen) atoms. The second-order valence-electron chi connectivity index (χ2n) is 8.40. The highest BCUT2D eigenvalue weighted by Gasteiger charge is 2.33. The zero-order valence-electron chi connectivity index (χ0n) is 20.2. The Balaban J connectivity index is 2.77. The van der Waals surface area contributed by atoms with E-state index in [1.165, 1.54) is 12.1 Å². The minimum absolute atomic E-state index is 0.192. The minimum Gasteiger partial charge on any atom is -0.377 e. The molecule has 10 heteroatoms. The molecule has 1 rings (SSSR count). The summed E-state index contributed by atoms with van der Waals surface area (Å²) in [5, 5.41) is 9.43. The summed E-state index contributed by atoms with van der Waals surface area (Å²) in [7, 11) is 3.07. The van der Waals surface area contributed by atoms with Gasteiger partial charge >= 0.3 is 0 Å². The Morgan fingerprint density at radius 1 is 1.09 bits per heavy atom. The van der Waals surface area contributed by atoms with Gasteiger partial charge in [-0.25, -0.2) is 5.43 Å². The van der Waals surface area contributed by atoms with Crippen LogP contribution in [0.2, 0.25) is 0 Å². The summed E-state index contributed by atoms with van der Waals surface area (Å²) in [6, 6.07) is -2.13. The molecule has 0 spiro atoms. The van der Waals surface area contributed by atoms with Gasteiger partial charge in [0, 0.05) is 20.7 Å². The molecular weight excluding hydrogens is 414 g/mol. The summed E-state index contributed by atoms with van der Waals surface area (Å²) in [6.45, 7) is 9.24. The number of likely N-dealkylation sites (N-methyl/N-ethyl adjacent to an activating group) is 1. The normalized spacial score (nSPS) is 20.4. The van der Waals surface area contributed by atoms with Crippen LogP contribution in [0.15, 0.2) is 12.2 Å². The average molecular weight is 454 g/mol. The van der Waals surface area contributed by atoms with Crippen molar-refractivity contribution in [2.75, 3.05) is 20.7 Å². The quantitative estimate of drug-likeness (QED) is 0.347. The summed E-state index contributed by atoms with van der Waals surface area (Å²) >= 11 is 0. The summed E-state index contributed by atoms with van der Waals surface area (Å²) in [6.07, 6.45) is 4.48. The maximum absolute atomic E-state index is 12.9. The van der Waals surface area contributed by atoms with Crippen molar-refractivity contribution in [3.05, 3.63) is 12.2 Å². The number of nitrogens with zero attached hydrogens (tertiary/aromatic N) is 1. The third kappa shape index (κ3) is 7.59. The third-order valence-electron chi connectivity index (χ3n) is 5.55. The van der Waals surface area contributed by atoms with Gasteiger partial charge in [0.2, 0.25) is 17.7 Å². The predicted octanol–water partition coefficient (Wildman–Crippen LogP) is 0.101. The lowest BCUT2D eigenvalue weighted by atomic mass is 9.99. The molecule has 0 aromatic carbocycles. The second-order valence-corrected chi connectivity index (χ2v) is 8.40. The van der Waals surface area contributed by atoms with Gasteiger partial charge in [0.1, 0.15) is 18.1 Å². The van der Waals surface area contributed by atoms with Crippen molar-refractivity contribution < 1.29 is 23.9 Å². The lowest BCUT2D eigenvalue weighted by Gasteiger charge is -2.35. The van der Waals surface area contributed by atoms with Gasteiger partial charge in [-0.3, -0.25) is 24.2 Å². The smallest absolute Gasteiger partial charge is 0.258 e. The molecular formula is C22H39N5O5. The first kappa shape index (κ1) is 27.6. The highest BCUT2D eigenvalue weighted by molar-refractivity contribution is 5.92. The van der Waals surface area contributed by atoms with E-state index >= 15 is 0 Å². The van der Waals surface area contributed by atoms with E-state index in [1.807, 2.05) is 20.8 Å². The van der Waals surface area contributed by atoms with Gasteiger partial charge < -0.3 is 20.7 Å². The monoisotopic (exact) mass is 453 g/mol. The third-order valence-corrected chi connectivity index (χ3v) is 5.55. The van der Waals surface area contributed by atoms with Crippen molar-refractivity contribution in [1.29, 1.82) is 0 Å². The number of allylic oxidation sites excluding steroid dienone is 1. The Hall–Kier alpha value is -2.46. The maximum Gasteiger partial charge on any atom is 0.258 e. The van der Waals surface area contributed by atoms with Gasteiger partial charge in [0.25, 0.3) is 5.91 Å². The fraction of sp³-hybridized carbons (Fsp3) is 0.727. The number of hydrogen-bond donors (Lipinski definition) is 4. The van der Waals surface area contributed by atoms with Crippen LogP contribution in [0, 0.1) is 11.8 Å². The van der Waals surface area contributed by atoms with Crippen molar-refractivity contribution in [2.45, 2.75) is 71.7 Å². The van der Waals surface area contributed by atoms with E-state index in [1.54, 1.807) is 33.0 Å². The van der Waals surface area contributed by atoms with E-state index < -0.39 is 36.1 Å². The SMILES string of the molecule is C/C=C/[C@@H](OC)[C@@H](C)C(=O)N[C@H](C(=O)N[C@@H](C)C(=O)N1CCC[C@@H](C(=O)NC)N1)C(C)C. The lowest BCUT2D eigenvalue weighted by molar-refractivity contribution is -0.143. The molecule has 0 saturated carbocycles. The van der Waals surface area contributed by atoms with Gasteiger partial charge in [-0.05, 0) is 32.6 Å². The van der Waals surface area contributed by atoms with E-state index in [9.17, 15) is 19.2 Å². The van der Waals surface area contributed by atoms with Crippen LogP contribution in [0.5, 0.6) is 0 Å². The van der Waals surface area contributed by atoms with Crippen LogP contribution in [0.3, 0.4) is 0 Å². The van der Waals surface area contributed by atoms with Gasteiger partial charge in [-0.2, -0.15) is 0 Å². The molecule has 1 fully saturated rings. The fourth-order valence-corrected chi connectivity index (χ4v) is 3.52. The fourth-order valence-electron chi connectivity index (χ4n) is 3.52. The van der Waals surface area contributed by atoms with Crippen LogP contribution in [0.1, 0.15) is 47.5 Å². The zero-order valence-corrected chi connectivity index (χ0v) is 20.2. The number of ether oxygens (including phenoxy) is 1. The molecule has 1 aliphatic rings. The van der Waals surface area contributed by atoms with E-state index in [2.05, 4.69) is 21.4 Å². The molecule has 0 aromatic rings. The topological polar surface area (TPSA) is 129 Å². The number of carbonyl (C=O) groups is 4. The molecule has 0 aliphatic carbocycles. The number of methoxy groups -OCH3 is 1. The van der Waals surface area contributed by atoms with Gasteiger partial charge in [-0.15, -0.1) is 0 Å². The first-order valence-corrected chi connectivity index (χ1v) is 11.1. The molecule has 4 amide bonds. The van der Waals surface area contributed by atoms with Crippen LogP contribution in [-0.2, 0) is 23.9 Å². The van der Waals surface area contributed by atoms with E-state index in [0.717, 1.165) is 0 Å². The molecule has 0 aromatic heterocycles. The van der Waals surface area contributed by atoms with E-state index in [-0.39, 0.29) is 23.6 Å². The van der Waals surface area contributed by atoms with Crippen LogP contribution < -0.4 is 21.4 Å². The molecule has 0 unspecified atom stereocenters. The van der Waals surface area contributed by atoms with Crippen LogP contribution >= 0.6 is 0 Å². The number of nitrogens with one attached hydrogen (secondary N) is 4. The molecule has 1 saturated heterocycles. The standard InChI is InChI=1S/C22H39N5O5/c1-8-10-17(32-7)14(4)19(28)25-18(13(2)3)21(30)24-15(5)22(31)27-12-9-11-16(26-27)20(29)23-6/h8,10,13-18,26H,9,11-12H2,1-7H3,(H,23,29)(H,24,30)(H,25,28)/b10-8+/t14-,15+,16+,17-,18+/m1/s1. The summed E-state index contributed by atoms with van der Waals surface area (Å²) in [5.74, 6) is -1.98. The average Bonchev–Trinajstić information content (AvgIpc) is 2.78. The lowest BCUT2D eigenvalue weighted by Crippen LogP contribution is -2.61. The Morgan fingerprint density at radius 3 is 2.28 bits per heavy atom. The first-order valence-electron chi connectivity index (χ1n) is 11.1.